The van der Waals surface area contributed by atoms with Gasteiger partial charge in [-0.05, 0) is 37.1 Å². The van der Waals surface area contributed by atoms with E-state index in [1.165, 1.54) is 4.68 Å². The number of carbonyl (C=O) groups is 1. The summed E-state index contributed by atoms with van der Waals surface area (Å²) in [5.41, 5.74) is 11.6. The quantitative estimate of drug-likeness (QED) is 0.268. The van der Waals surface area contributed by atoms with Gasteiger partial charge in [-0.2, -0.15) is 5.10 Å². The summed E-state index contributed by atoms with van der Waals surface area (Å²) < 4.78 is 2.44. The number of nitrogens with two attached hydrogens (primary N) is 1. The number of hydrogen-bond donors (Lipinski definition) is 3. The van der Waals surface area contributed by atoms with E-state index >= 15 is 0 Å². The van der Waals surface area contributed by atoms with Gasteiger partial charge < -0.3 is 10.2 Å². The minimum Gasteiger partial charge on any atom is -0.386 e. The van der Waals surface area contributed by atoms with Crippen LogP contribution in [0.3, 0.4) is 0 Å². The van der Waals surface area contributed by atoms with Crippen LogP contribution < -0.4 is 26.5 Å². The maximum absolute atomic E-state index is 13.5. The summed E-state index contributed by atoms with van der Waals surface area (Å²) in [6.07, 6.45) is 1.82. The van der Waals surface area contributed by atoms with Crippen LogP contribution in [0.5, 0.6) is 0 Å². The monoisotopic (exact) mass is 540 g/mol. The zero-order valence-electron chi connectivity index (χ0n) is 22.1. The number of fused-ring (bicyclic) bond motifs is 3. The first kappa shape index (κ1) is 25.0. The Balaban J connectivity index is 1.35. The molecule has 6 rings (SSSR count). The van der Waals surface area contributed by atoms with Gasteiger partial charge in [0.1, 0.15) is 0 Å². The fourth-order valence-electron chi connectivity index (χ4n) is 5.31. The van der Waals surface area contributed by atoms with E-state index in [0.717, 1.165) is 62.7 Å². The number of nitrogens with one attached hydrogen (secondary N) is 2. The van der Waals surface area contributed by atoms with E-state index in [9.17, 15) is 9.59 Å². The molecule has 0 spiro atoms. The van der Waals surface area contributed by atoms with Gasteiger partial charge in [-0.3, -0.25) is 20.2 Å². The topological polar surface area (TPSA) is 110 Å². The number of aromatic nitrogens is 2. The highest BCUT2D eigenvalue weighted by atomic mass is 32.1. The van der Waals surface area contributed by atoms with E-state index in [-0.39, 0.29) is 11.5 Å². The molecule has 1 saturated heterocycles. The fraction of sp³-hybridized carbons (Fsp3) is 0.241. The normalized spacial score (nSPS) is 17.2. The van der Waals surface area contributed by atoms with E-state index in [2.05, 4.69) is 39.5 Å². The van der Waals surface area contributed by atoms with Crippen molar-refractivity contribution >= 4 is 44.5 Å². The van der Waals surface area contributed by atoms with Crippen molar-refractivity contribution in [2.24, 2.45) is 12.8 Å². The fourth-order valence-corrected chi connectivity index (χ4v) is 6.47. The van der Waals surface area contributed by atoms with E-state index in [4.69, 9.17) is 5.73 Å². The van der Waals surface area contributed by atoms with Crippen molar-refractivity contribution in [2.45, 2.75) is 13.5 Å². The number of benzene rings is 2. The molecule has 2 aromatic heterocycles. The standard InChI is InChI=1S/C29H29N7O2S/c1-17-19(8-6-9-24(17)36-16-21-20-7-4-5-10-25(20)39-27(21)29(36)38)22-14-23(28(37)35(3)33-22)32-26(30)13-18-15-34(2)12-11-31-18/h4-10,13-14,31H,11-12,15-16H2,1-3H3,(H2,30,32)/p+1/b18-13-. The maximum Gasteiger partial charge on any atom is 0.313 e. The maximum atomic E-state index is 13.5. The number of piperazine rings is 1. The average Bonchev–Trinajstić information content (AvgIpc) is 3.43. The highest BCUT2D eigenvalue weighted by molar-refractivity contribution is 7.21. The number of likely N-dealkylation sites (N-methyl/N-ethyl adjacent to an activating group) is 1. The minimum atomic E-state index is -0.284. The van der Waals surface area contributed by atoms with Crippen molar-refractivity contribution < 1.29 is 9.79 Å². The van der Waals surface area contributed by atoms with Crippen molar-refractivity contribution in [1.29, 1.82) is 0 Å². The van der Waals surface area contributed by atoms with Crippen LogP contribution in [-0.2, 0) is 13.6 Å². The second kappa shape index (κ2) is 9.79. The predicted octanol–water partition coefficient (Wildman–Crippen LogP) is 1.62. The molecule has 0 bridgehead atoms. The molecule has 0 radical (unpaired) electrons. The molecule has 10 heteroatoms. The van der Waals surface area contributed by atoms with E-state index < -0.39 is 0 Å². The van der Waals surface area contributed by atoms with Gasteiger partial charge in [0.15, 0.2) is 5.69 Å². The molecule has 0 saturated carbocycles. The Morgan fingerprint density at radius 3 is 2.77 bits per heavy atom. The molecule has 1 fully saturated rings. The van der Waals surface area contributed by atoms with Gasteiger partial charge in [0.25, 0.3) is 11.7 Å². The van der Waals surface area contributed by atoms with Gasteiger partial charge >= 0.3 is 5.56 Å². The number of carbonyl (C=O) groups excluding carboxylic acids is 1. The Kier molecular flexibility index (Phi) is 6.28. The van der Waals surface area contributed by atoms with Crippen LogP contribution >= 0.6 is 11.3 Å². The van der Waals surface area contributed by atoms with Gasteiger partial charge in [0.2, 0.25) is 0 Å². The van der Waals surface area contributed by atoms with Crippen LogP contribution in [0.2, 0.25) is 0 Å². The molecule has 1 amide bonds. The van der Waals surface area contributed by atoms with Gasteiger partial charge in [0, 0.05) is 66.0 Å². The lowest BCUT2D eigenvalue weighted by Gasteiger charge is -2.25. The lowest BCUT2D eigenvalue weighted by atomic mass is 10.0. The number of amidine groups is 1. The molecule has 2 aromatic carbocycles. The van der Waals surface area contributed by atoms with Crippen LogP contribution in [-0.4, -0.2) is 53.1 Å². The number of rotatable bonds is 4. The molecular weight excluding hydrogens is 510 g/mol. The largest absolute Gasteiger partial charge is 0.386 e. The molecule has 0 atom stereocenters. The molecule has 0 unspecified atom stereocenters. The summed E-state index contributed by atoms with van der Waals surface area (Å²) in [4.78, 5) is 34.3. The molecule has 2 aliphatic heterocycles. The molecule has 0 aliphatic carbocycles. The summed E-state index contributed by atoms with van der Waals surface area (Å²) in [5.74, 6) is 0.383. The molecule has 4 heterocycles. The molecular formula is C29H30N7O2S+. The van der Waals surface area contributed by atoms with Crippen molar-refractivity contribution in [3.05, 3.63) is 86.7 Å². The summed E-state index contributed by atoms with van der Waals surface area (Å²) in [5, 5.41) is 9.01. The van der Waals surface area contributed by atoms with Crippen LogP contribution in [0.15, 0.2) is 65.1 Å². The van der Waals surface area contributed by atoms with Gasteiger partial charge in [-0.1, -0.05) is 30.3 Å². The summed E-state index contributed by atoms with van der Waals surface area (Å²) >= 11 is 1.55. The first-order valence-electron chi connectivity index (χ1n) is 12.8. The Morgan fingerprint density at radius 2 is 1.95 bits per heavy atom. The summed E-state index contributed by atoms with van der Waals surface area (Å²) in [6.45, 7) is 5.07. The molecule has 39 heavy (non-hydrogen) atoms. The first-order valence-corrected chi connectivity index (χ1v) is 13.6. The second-order valence-corrected chi connectivity index (χ2v) is 11.1. The highest BCUT2D eigenvalue weighted by Crippen LogP contribution is 2.41. The molecule has 198 valence electrons. The first-order chi connectivity index (χ1) is 18.8. The third-order valence-electron chi connectivity index (χ3n) is 7.28. The zero-order chi connectivity index (χ0) is 27.3. The van der Waals surface area contributed by atoms with Crippen molar-refractivity contribution in [1.82, 2.24) is 20.0 Å². The van der Waals surface area contributed by atoms with Crippen LogP contribution in [0.1, 0.15) is 20.8 Å². The highest BCUT2D eigenvalue weighted by Gasteiger charge is 2.33. The third-order valence-corrected chi connectivity index (χ3v) is 8.48. The SMILES string of the molecule is Cc1c(-c2cc([NH+]=C(N)/C=C3/CN(C)CCN3)c(=O)n(C)n2)cccc1N1Cc2c(sc3ccccc23)C1=O. The number of aryl methyl sites for hydroxylation is 1. The van der Waals surface area contributed by atoms with Crippen molar-refractivity contribution in [3.63, 3.8) is 0 Å². The lowest BCUT2D eigenvalue weighted by molar-refractivity contribution is -0.355. The molecule has 4 N–H and O–H groups in total. The van der Waals surface area contributed by atoms with E-state index in [1.807, 2.05) is 48.2 Å². The van der Waals surface area contributed by atoms with E-state index in [1.54, 1.807) is 24.5 Å². The van der Waals surface area contributed by atoms with Gasteiger partial charge in [-0.15, -0.1) is 11.3 Å². The smallest absolute Gasteiger partial charge is 0.313 e. The molecule has 2 aliphatic rings. The Hall–Kier alpha value is -4.28. The van der Waals surface area contributed by atoms with Gasteiger partial charge in [-0.25, -0.2) is 9.67 Å². The number of thiophene rings is 1. The third kappa shape index (κ3) is 4.51. The Labute approximate surface area is 229 Å². The number of hydrogen-bond acceptors (Lipinski definition) is 6. The zero-order valence-corrected chi connectivity index (χ0v) is 22.9. The van der Waals surface area contributed by atoms with Crippen molar-refractivity contribution in [3.8, 4) is 11.3 Å². The van der Waals surface area contributed by atoms with Crippen molar-refractivity contribution in [2.75, 3.05) is 31.6 Å². The van der Waals surface area contributed by atoms with Crippen LogP contribution in [0, 0.1) is 6.92 Å². The van der Waals surface area contributed by atoms with Gasteiger partial charge in [0.05, 0.1) is 17.1 Å². The predicted molar refractivity (Wildman–Crippen MR) is 155 cm³/mol. The number of nitrogens with zero attached hydrogens (tertiary/aromatic N) is 4. The van der Waals surface area contributed by atoms with E-state index in [0.29, 0.717) is 23.8 Å². The summed E-state index contributed by atoms with van der Waals surface area (Å²) in [6, 6.07) is 15.7. The summed E-state index contributed by atoms with van der Waals surface area (Å²) in [7, 11) is 3.67. The average molecular weight is 541 g/mol. The number of amides is 1. The lowest BCUT2D eigenvalue weighted by Crippen LogP contribution is -2.71. The second-order valence-electron chi connectivity index (χ2n) is 10.0. The minimum absolute atomic E-state index is 0.0135. The number of anilines is 1. The Bertz CT molecular complexity index is 1750. The molecule has 9 nitrogen and oxygen atoms in total. The molecule has 4 aromatic rings. The Morgan fingerprint density at radius 1 is 1.13 bits per heavy atom. The van der Waals surface area contributed by atoms with Crippen LogP contribution in [0.4, 0.5) is 11.4 Å². The van der Waals surface area contributed by atoms with Crippen LogP contribution in [0.25, 0.3) is 21.3 Å².